The minimum absolute atomic E-state index is 0.219. The molecule has 0 fully saturated rings. The van der Waals surface area contributed by atoms with Crippen LogP contribution in [0.1, 0.15) is 23.6 Å². The molecular weight excluding hydrogens is 305 g/mol. The highest BCUT2D eigenvalue weighted by Gasteiger charge is 2.24. The number of aryl methyl sites for hydroxylation is 1. The van der Waals surface area contributed by atoms with E-state index in [9.17, 15) is 4.39 Å². The summed E-state index contributed by atoms with van der Waals surface area (Å²) in [6, 6.07) is 12.7. The van der Waals surface area contributed by atoms with Gasteiger partial charge in [-0.3, -0.25) is 0 Å². The summed E-state index contributed by atoms with van der Waals surface area (Å²) < 4.78 is 14.3. The minimum Gasteiger partial charge on any atom is -0.321 e. The average molecular weight is 322 g/mol. The Morgan fingerprint density at radius 3 is 2.58 bits per heavy atom. The standard InChI is InChI=1S/C16H17BrFN/c1-11-7-8-13(18)9-12(11)10-16(2,19)14-5-3-4-6-15(14)17/h3-9H,10,19H2,1-2H3. The maximum absolute atomic E-state index is 13.4. The van der Waals surface area contributed by atoms with Crippen LogP contribution in [0.2, 0.25) is 0 Å². The highest BCUT2D eigenvalue weighted by molar-refractivity contribution is 9.10. The van der Waals surface area contributed by atoms with Crippen LogP contribution in [0.4, 0.5) is 4.39 Å². The average Bonchev–Trinajstić information content (AvgIpc) is 2.34. The van der Waals surface area contributed by atoms with Gasteiger partial charge < -0.3 is 5.73 Å². The predicted molar refractivity (Wildman–Crippen MR) is 80.5 cm³/mol. The second-order valence-corrected chi connectivity index (χ2v) is 6.00. The lowest BCUT2D eigenvalue weighted by molar-refractivity contribution is 0.486. The summed E-state index contributed by atoms with van der Waals surface area (Å²) in [5, 5.41) is 0. The largest absolute Gasteiger partial charge is 0.321 e. The summed E-state index contributed by atoms with van der Waals surface area (Å²) in [5.41, 5.74) is 8.93. The van der Waals surface area contributed by atoms with Crippen LogP contribution in [-0.2, 0) is 12.0 Å². The Hall–Kier alpha value is -1.19. The van der Waals surface area contributed by atoms with Gasteiger partial charge in [-0.1, -0.05) is 40.2 Å². The Morgan fingerprint density at radius 1 is 1.21 bits per heavy atom. The maximum Gasteiger partial charge on any atom is 0.123 e. The van der Waals surface area contributed by atoms with Gasteiger partial charge in [-0.2, -0.15) is 0 Å². The molecule has 0 heterocycles. The molecule has 0 aliphatic rings. The first-order valence-electron chi connectivity index (χ1n) is 6.19. The number of nitrogens with two attached hydrogens (primary N) is 1. The number of hydrogen-bond donors (Lipinski definition) is 1. The Labute approximate surface area is 121 Å². The van der Waals surface area contributed by atoms with Gasteiger partial charge in [-0.15, -0.1) is 0 Å². The molecule has 2 rings (SSSR count). The van der Waals surface area contributed by atoms with Gasteiger partial charge in [0.1, 0.15) is 5.82 Å². The predicted octanol–water partition coefficient (Wildman–Crippen LogP) is 4.31. The molecular formula is C16H17BrFN. The highest BCUT2D eigenvalue weighted by Crippen LogP contribution is 2.30. The van der Waals surface area contributed by atoms with Gasteiger partial charge in [0, 0.05) is 10.0 Å². The van der Waals surface area contributed by atoms with E-state index in [1.807, 2.05) is 38.1 Å². The zero-order valence-corrected chi connectivity index (χ0v) is 12.7. The third kappa shape index (κ3) is 3.23. The van der Waals surface area contributed by atoms with E-state index < -0.39 is 5.54 Å². The molecule has 1 nitrogen and oxygen atoms in total. The number of benzene rings is 2. The monoisotopic (exact) mass is 321 g/mol. The first-order valence-corrected chi connectivity index (χ1v) is 6.98. The van der Waals surface area contributed by atoms with Gasteiger partial charge in [0.2, 0.25) is 0 Å². The molecule has 0 aliphatic heterocycles. The fourth-order valence-electron chi connectivity index (χ4n) is 2.25. The molecule has 3 heteroatoms. The first-order chi connectivity index (χ1) is 8.90. The molecule has 0 spiro atoms. The van der Waals surface area contributed by atoms with Crippen LogP contribution in [0, 0.1) is 12.7 Å². The summed E-state index contributed by atoms with van der Waals surface area (Å²) in [6.45, 7) is 3.95. The first kappa shape index (κ1) is 14.2. The van der Waals surface area contributed by atoms with Crippen molar-refractivity contribution in [3.8, 4) is 0 Å². The molecule has 0 radical (unpaired) electrons. The van der Waals surface area contributed by atoms with E-state index in [1.54, 1.807) is 12.1 Å². The molecule has 2 aromatic carbocycles. The number of hydrogen-bond acceptors (Lipinski definition) is 1. The van der Waals surface area contributed by atoms with Crippen molar-refractivity contribution in [3.63, 3.8) is 0 Å². The van der Waals surface area contributed by atoms with Crippen LogP contribution >= 0.6 is 15.9 Å². The third-order valence-electron chi connectivity index (χ3n) is 3.36. The molecule has 1 atom stereocenters. The van der Waals surface area contributed by atoms with Crippen LogP contribution < -0.4 is 5.73 Å². The second-order valence-electron chi connectivity index (χ2n) is 5.14. The van der Waals surface area contributed by atoms with Crippen LogP contribution in [0.15, 0.2) is 46.9 Å². The van der Waals surface area contributed by atoms with Gasteiger partial charge in [-0.05, 0) is 55.2 Å². The third-order valence-corrected chi connectivity index (χ3v) is 4.05. The summed E-state index contributed by atoms with van der Waals surface area (Å²) in [6.07, 6.45) is 0.596. The van der Waals surface area contributed by atoms with Gasteiger partial charge in [-0.25, -0.2) is 4.39 Å². The molecule has 2 aromatic rings. The summed E-state index contributed by atoms with van der Waals surface area (Å²) in [4.78, 5) is 0. The van der Waals surface area contributed by atoms with Crippen LogP contribution in [-0.4, -0.2) is 0 Å². The molecule has 0 bridgehead atoms. The van der Waals surface area contributed by atoms with Crippen LogP contribution in [0.5, 0.6) is 0 Å². The zero-order chi connectivity index (χ0) is 14.0. The van der Waals surface area contributed by atoms with Gasteiger partial charge >= 0.3 is 0 Å². The van der Waals surface area contributed by atoms with E-state index in [-0.39, 0.29) is 5.82 Å². The van der Waals surface area contributed by atoms with Crippen molar-refractivity contribution in [2.45, 2.75) is 25.8 Å². The second kappa shape index (κ2) is 5.43. The van der Waals surface area contributed by atoms with Crippen molar-refractivity contribution < 1.29 is 4.39 Å². The van der Waals surface area contributed by atoms with Crippen molar-refractivity contribution in [2.24, 2.45) is 5.73 Å². The van der Waals surface area contributed by atoms with Gasteiger partial charge in [0.25, 0.3) is 0 Å². The fourth-order valence-corrected chi connectivity index (χ4v) is 2.98. The molecule has 0 aromatic heterocycles. The quantitative estimate of drug-likeness (QED) is 0.895. The molecule has 2 N–H and O–H groups in total. The van der Waals surface area contributed by atoms with Gasteiger partial charge in [0.15, 0.2) is 0 Å². The van der Waals surface area contributed by atoms with Gasteiger partial charge in [0.05, 0.1) is 0 Å². The van der Waals surface area contributed by atoms with Crippen LogP contribution in [0.3, 0.4) is 0 Å². The van der Waals surface area contributed by atoms with Crippen molar-refractivity contribution in [3.05, 3.63) is 69.4 Å². The molecule has 19 heavy (non-hydrogen) atoms. The normalized spacial score (nSPS) is 14.2. The molecule has 100 valence electrons. The zero-order valence-electron chi connectivity index (χ0n) is 11.1. The minimum atomic E-state index is -0.543. The highest BCUT2D eigenvalue weighted by atomic mass is 79.9. The molecule has 0 saturated heterocycles. The molecule has 0 amide bonds. The molecule has 1 unspecified atom stereocenters. The lowest BCUT2D eigenvalue weighted by Gasteiger charge is -2.27. The molecule has 0 aliphatic carbocycles. The topological polar surface area (TPSA) is 26.0 Å². The maximum atomic E-state index is 13.4. The fraction of sp³-hybridized carbons (Fsp3) is 0.250. The molecule has 0 saturated carbocycles. The SMILES string of the molecule is Cc1ccc(F)cc1CC(C)(N)c1ccccc1Br. The smallest absolute Gasteiger partial charge is 0.123 e. The lowest BCUT2D eigenvalue weighted by Crippen LogP contribution is -2.36. The van der Waals surface area contributed by atoms with Crippen molar-refractivity contribution in [1.82, 2.24) is 0 Å². The Morgan fingerprint density at radius 2 is 1.89 bits per heavy atom. The lowest BCUT2D eigenvalue weighted by atomic mass is 9.85. The number of halogens is 2. The Kier molecular flexibility index (Phi) is 4.07. The number of rotatable bonds is 3. The summed E-state index contributed by atoms with van der Waals surface area (Å²) >= 11 is 3.52. The Bertz CT molecular complexity index is 593. The van der Waals surface area contributed by atoms with Crippen LogP contribution in [0.25, 0.3) is 0 Å². The van der Waals surface area contributed by atoms with E-state index in [4.69, 9.17) is 5.73 Å². The summed E-state index contributed by atoms with van der Waals surface area (Å²) in [5.74, 6) is -0.219. The Balaban J connectivity index is 2.36. The van der Waals surface area contributed by atoms with E-state index in [0.717, 1.165) is 21.2 Å². The van der Waals surface area contributed by atoms with Crippen molar-refractivity contribution in [2.75, 3.05) is 0 Å². The van der Waals surface area contributed by atoms with E-state index in [1.165, 1.54) is 6.07 Å². The van der Waals surface area contributed by atoms with E-state index in [2.05, 4.69) is 15.9 Å². The van der Waals surface area contributed by atoms with E-state index >= 15 is 0 Å². The summed E-state index contributed by atoms with van der Waals surface area (Å²) in [7, 11) is 0. The van der Waals surface area contributed by atoms with E-state index in [0.29, 0.717) is 6.42 Å². The van der Waals surface area contributed by atoms with Crippen molar-refractivity contribution >= 4 is 15.9 Å². The van der Waals surface area contributed by atoms with Crippen molar-refractivity contribution in [1.29, 1.82) is 0 Å².